The molecule has 2 fully saturated rings. The van der Waals surface area contributed by atoms with E-state index in [0.29, 0.717) is 18.4 Å². The van der Waals surface area contributed by atoms with E-state index in [1.54, 1.807) is 0 Å². The Labute approximate surface area is 253 Å². The van der Waals surface area contributed by atoms with Gasteiger partial charge in [0.05, 0.1) is 24.1 Å². The fraction of sp³-hybridized carbons (Fsp3) is 0.400. The molecule has 0 radical (unpaired) electrons. The number of carboxylic acids is 4. The molecule has 14 nitrogen and oxygen atoms in total. The van der Waals surface area contributed by atoms with Gasteiger partial charge in [0.1, 0.15) is 5.82 Å². The summed E-state index contributed by atoms with van der Waals surface area (Å²) in [4.78, 5) is 64.2. The highest BCUT2D eigenvalue weighted by molar-refractivity contribution is 6.27. The van der Waals surface area contributed by atoms with E-state index in [4.69, 9.17) is 44.6 Å². The third-order valence-corrected chi connectivity index (χ3v) is 7.34. The average Bonchev–Trinajstić information content (AvgIpc) is 3.42. The van der Waals surface area contributed by atoms with Gasteiger partial charge in [0.15, 0.2) is 0 Å². The van der Waals surface area contributed by atoms with Crippen LogP contribution in [0.5, 0.6) is 0 Å². The van der Waals surface area contributed by atoms with E-state index < -0.39 is 23.9 Å². The number of hydrogen-bond donors (Lipinski definition) is 5. The summed E-state index contributed by atoms with van der Waals surface area (Å²) >= 11 is 0. The van der Waals surface area contributed by atoms with Crippen molar-refractivity contribution in [3.05, 3.63) is 66.0 Å². The first kappa shape index (κ1) is 33.7. The molecule has 1 aromatic heterocycles. The number of imidazole rings is 1. The van der Waals surface area contributed by atoms with Crippen LogP contribution in [0.4, 0.5) is 0 Å². The molecule has 5 rings (SSSR count). The number of piperidine rings is 1. The molecular weight excluding hydrogens is 574 g/mol. The summed E-state index contributed by atoms with van der Waals surface area (Å²) in [5, 5.41) is 29.6. The van der Waals surface area contributed by atoms with Crippen LogP contribution in [0, 0.1) is 5.92 Å². The maximum absolute atomic E-state index is 12.9. The van der Waals surface area contributed by atoms with Gasteiger partial charge in [-0.05, 0) is 42.9 Å². The summed E-state index contributed by atoms with van der Waals surface area (Å²) in [7, 11) is 0. The van der Waals surface area contributed by atoms with E-state index in [9.17, 15) is 4.79 Å². The molecule has 14 heteroatoms. The van der Waals surface area contributed by atoms with E-state index >= 15 is 0 Å². The first-order valence-corrected chi connectivity index (χ1v) is 14.1. The number of likely N-dealkylation sites (tertiary alicyclic amines) is 1. The lowest BCUT2D eigenvalue weighted by atomic mass is 9.90. The van der Waals surface area contributed by atoms with E-state index in [1.165, 1.54) is 5.56 Å². The number of aromatic amines is 1. The van der Waals surface area contributed by atoms with Crippen molar-refractivity contribution < 1.29 is 44.4 Å². The van der Waals surface area contributed by atoms with E-state index in [2.05, 4.69) is 56.1 Å². The van der Waals surface area contributed by atoms with E-state index in [0.717, 1.165) is 81.9 Å². The molecule has 3 aromatic rings. The second-order valence-electron chi connectivity index (χ2n) is 10.5. The molecule has 2 aliphatic rings. The Morgan fingerprint density at radius 2 is 1.23 bits per heavy atom. The molecule has 1 amide bonds. The highest BCUT2D eigenvalue weighted by Crippen LogP contribution is 2.22. The predicted octanol–water partition coefficient (Wildman–Crippen LogP) is 1.47. The lowest BCUT2D eigenvalue weighted by molar-refractivity contribution is -0.159. The Balaban J connectivity index is 0.000000375. The van der Waals surface area contributed by atoms with Crippen LogP contribution in [0.2, 0.25) is 0 Å². The number of carboxylic acid groups (broad SMARTS) is 4. The highest BCUT2D eigenvalue weighted by atomic mass is 16.4. The number of para-hydroxylation sites is 2. The van der Waals surface area contributed by atoms with Crippen LogP contribution in [0.25, 0.3) is 11.0 Å². The van der Waals surface area contributed by atoms with Gasteiger partial charge in [-0.3, -0.25) is 14.6 Å². The zero-order valence-electron chi connectivity index (χ0n) is 24.2. The molecular formula is C30H37N5O9. The molecule has 0 spiro atoms. The largest absolute Gasteiger partial charge is 0.473 e. The van der Waals surface area contributed by atoms with Crippen molar-refractivity contribution in [2.45, 2.75) is 25.8 Å². The van der Waals surface area contributed by atoms with Crippen molar-refractivity contribution in [1.29, 1.82) is 0 Å². The third kappa shape index (κ3) is 11.1. The van der Waals surface area contributed by atoms with Crippen molar-refractivity contribution in [3.8, 4) is 0 Å². The van der Waals surface area contributed by atoms with Gasteiger partial charge in [0.2, 0.25) is 5.91 Å². The normalized spacial score (nSPS) is 15.8. The van der Waals surface area contributed by atoms with Crippen LogP contribution in [0.3, 0.4) is 0 Å². The molecule has 236 valence electrons. The fourth-order valence-electron chi connectivity index (χ4n) is 5.02. The molecule has 3 heterocycles. The average molecular weight is 612 g/mol. The summed E-state index contributed by atoms with van der Waals surface area (Å²) in [6.45, 7) is 7.04. The second-order valence-corrected chi connectivity index (χ2v) is 10.5. The number of aromatic nitrogens is 2. The summed E-state index contributed by atoms with van der Waals surface area (Å²) in [5.74, 6) is -5.28. The topological polar surface area (TPSA) is 205 Å². The maximum Gasteiger partial charge on any atom is 0.414 e. The molecule has 2 aromatic carbocycles. The number of amides is 1. The standard InChI is InChI=1S/C26H33N5O.2C2H2O4/c32-26(31-12-10-22(11-13-31)18-21-6-2-1-3-7-21)20-30-16-14-29(15-17-30)19-25-27-23-8-4-5-9-24(23)28-25;2*3-1(4)2(5)6/h1-9,22H,10-20H2,(H,27,28);2*(H,3,4)(H,5,6). The molecule has 2 saturated heterocycles. The number of hydrogen-bond acceptors (Lipinski definition) is 8. The van der Waals surface area contributed by atoms with Crippen LogP contribution in [0.1, 0.15) is 24.2 Å². The van der Waals surface area contributed by atoms with Crippen LogP contribution in [-0.4, -0.2) is 121 Å². The summed E-state index contributed by atoms with van der Waals surface area (Å²) in [6.07, 6.45) is 3.37. The zero-order chi connectivity index (χ0) is 32.1. The summed E-state index contributed by atoms with van der Waals surface area (Å²) in [5.41, 5.74) is 3.54. The minimum atomic E-state index is -1.82. The molecule has 5 N–H and O–H groups in total. The second kappa shape index (κ2) is 16.7. The van der Waals surface area contributed by atoms with Gasteiger partial charge in [-0.25, -0.2) is 24.2 Å². The Morgan fingerprint density at radius 1 is 0.705 bits per heavy atom. The molecule has 0 aliphatic carbocycles. The Bertz CT molecular complexity index is 1330. The molecule has 0 bridgehead atoms. The number of benzene rings is 2. The number of carbonyl (C=O) groups excluding carboxylic acids is 1. The lowest BCUT2D eigenvalue weighted by Crippen LogP contribution is -2.50. The molecule has 2 aliphatic heterocycles. The number of piperazine rings is 1. The van der Waals surface area contributed by atoms with Gasteiger partial charge < -0.3 is 30.3 Å². The molecule has 0 saturated carbocycles. The van der Waals surface area contributed by atoms with Crippen LogP contribution < -0.4 is 0 Å². The Morgan fingerprint density at radius 3 is 1.77 bits per heavy atom. The number of carbonyl (C=O) groups is 5. The summed E-state index contributed by atoms with van der Waals surface area (Å²) < 4.78 is 0. The predicted molar refractivity (Wildman–Crippen MR) is 158 cm³/mol. The number of rotatable bonds is 6. The Hall–Kier alpha value is -4.82. The number of nitrogens with one attached hydrogen (secondary N) is 1. The van der Waals surface area contributed by atoms with Crippen molar-refractivity contribution in [2.75, 3.05) is 45.8 Å². The van der Waals surface area contributed by atoms with Crippen LogP contribution in [0.15, 0.2) is 54.6 Å². The van der Waals surface area contributed by atoms with Crippen molar-refractivity contribution in [3.63, 3.8) is 0 Å². The minimum absolute atomic E-state index is 0.300. The SMILES string of the molecule is O=C(CN1CCN(Cc2nc3ccccc3[nH]2)CC1)N1CCC(Cc2ccccc2)CC1.O=C(O)C(=O)O.O=C(O)C(=O)O. The zero-order valence-corrected chi connectivity index (χ0v) is 24.2. The molecule has 0 unspecified atom stereocenters. The van der Waals surface area contributed by atoms with Crippen molar-refractivity contribution >= 4 is 40.8 Å². The number of H-pyrrole nitrogens is 1. The van der Waals surface area contributed by atoms with Crippen LogP contribution in [-0.2, 0) is 36.9 Å². The number of aliphatic carboxylic acids is 4. The lowest BCUT2D eigenvalue weighted by Gasteiger charge is -2.36. The van der Waals surface area contributed by atoms with Gasteiger partial charge in [-0.15, -0.1) is 0 Å². The fourth-order valence-corrected chi connectivity index (χ4v) is 5.02. The van der Waals surface area contributed by atoms with E-state index in [-0.39, 0.29) is 0 Å². The van der Waals surface area contributed by atoms with Crippen LogP contribution >= 0.6 is 0 Å². The molecule has 0 atom stereocenters. The van der Waals surface area contributed by atoms with Gasteiger partial charge in [-0.1, -0.05) is 42.5 Å². The molecule has 44 heavy (non-hydrogen) atoms. The highest BCUT2D eigenvalue weighted by Gasteiger charge is 2.26. The first-order chi connectivity index (χ1) is 21.0. The smallest absolute Gasteiger partial charge is 0.414 e. The maximum atomic E-state index is 12.9. The third-order valence-electron chi connectivity index (χ3n) is 7.34. The van der Waals surface area contributed by atoms with Gasteiger partial charge in [-0.2, -0.15) is 0 Å². The number of fused-ring (bicyclic) bond motifs is 1. The van der Waals surface area contributed by atoms with Crippen molar-refractivity contribution in [2.24, 2.45) is 5.92 Å². The minimum Gasteiger partial charge on any atom is -0.473 e. The monoisotopic (exact) mass is 611 g/mol. The summed E-state index contributed by atoms with van der Waals surface area (Å²) in [6, 6.07) is 18.9. The first-order valence-electron chi connectivity index (χ1n) is 14.1. The quantitative estimate of drug-likeness (QED) is 0.251. The number of nitrogens with zero attached hydrogens (tertiary/aromatic N) is 4. The van der Waals surface area contributed by atoms with E-state index in [1.807, 2.05) is 18.2 Å². The van der Waals surface area contributed by atoms with Gasteiger partial charge >= 0.3 is 23.9 Å². The van der Waals surface area contributed by atoms with Gasteiger partial charge in [0, 0.05) is 39.3 Å². The van der Waals surface area contributed by atoms with Gasteiger partial charge in [0.25, 0.3) is 0 Å². The Kier molecular flexibility index (Phi) is 12.8. The van der Waals surface area contributed by atoms with Crippen molar-refractivity contribution in [1.82, 2.24) is 24.7 Å².